The fourth-order valence-corrected chi connectivity index (χ4v) is 5.98. The number of para-hydroxylation sites is 3. The van der Waals surface area contributed by atoms with Gasteiger partial charge < -0.3 is 20.1 Å². The first-order valence-corrected chi connectivity index (χ1v) is 14.9. The highest BCUT2D eigenvalue weighted by molar-refractivity contribution is 7.98. The highest BCUT2D eigenvalue weighted by atomic mass is 35.5. The molecule has 1 unspecified atom stereocenters. The van der Waals surface area contributed by atoms with Crippen LogP contribution in [0.1, 0.15) is 24.1 Å². The minimum Gasteiger partial charge on any atom is -0.495 e. The number of methoxy groups -OCH3 is 1. The topological polar surface area (TPSA) is 90.3 Å². The van der Waals surface area contributed by atoms with Crippen molar-refractivity contribution in [1.29, 1.82) is 0 Å². The van der Waals surface area contributed by atoms with Crippen LogP contribution in [0, 0.1) is 0 Å². The predicted molar refractivity (Wildman–Crippen MR) is 170 cm³/mol. The average molecular weight is 610 g/mol. The molecule has 4 aromatic carbocycles. The van der Waals surface area contributed by atoms with E-state index in [4.69, 9.17) is 31.2 Å². The third-order valence-electron chi connectivity index (χ3n) is 6.90. The normalized spacial score (nSPS) is 14.1. The molecule has 1 atom stereocenters. The Morgan fingerprint density at radius 2 is 1.72 bits per heavy atom. The van der Waals surface area contributed by atoms with Crippen LogP contribution in [0.4, 0.5) is 11.6 Å². The van der Waals surface area contributed by atoms with Gasteiger partial charge in [0.2, 0.25) is 11.1 Å². The zero-order valence-corrected chi connectivity index (χ0v) is 25.0. The number of allylic oxidation sites excluding steroid dienone is 1. The van der Waals surface area contributed by atoms with Crippen molar-refractivity contribution in [3.8, 4) is 17.2 Å². The van der Waals surface area contributed by atoms with E-state index in [0.717, 1.165) is 11.1 Å². The molecular weight excluding hydrogens is 582 g/mol. The van der Waals surface area contributed by atoms with Crippen LogP contribution in [-0.2, 0) is 10.5 Å². The van der Waals surface area contributed by atoms with Crippen LogP contribution in [0.25, 0.3) is 0 Å². The Balaban J connectivity index is 1.37. The van der Waals surface area contributed by atoms with Crippen molar-refractivity contribution < 1.29 is 14.3 Å². The lowest BCUT2D eigenvalue weighted by molar-refractivity contribution is -0.113. The number of rotatable bonds is 9. The largest absolute Gasteiger partial charge is 0.495 e. The quantitative estimate of drug-likeness (QED) is 0.164. The Bertz CT molecular complexity index is 1810. The Morgan fingerprint density at radius 3 is 2.53 bits per heavy atom. The van der Waals surface area contributed by atoms with Crippen LogP contribution in [0.2, 0.25) is 5.02 Å². The summed E-state index contributed by atoms with van der Waals surface area (Å²) < 4.78 is 13.4. The van der Waals surface area contributed by atoms with E-state index in [9.17, 15) is 4.79 Å². The second kappa shape index (κ2) is 12.6. The van der Waals surface area contributed by atoms with Crippen molar-refractivity contribution >= 4 is 40.9 Å². The van der Waals surface area contributed by atoms with Crippen molar-refractivity contribution in [2.75, 3.05) is 17.7 Å². The Labute approximate surface area is 258 Å². The molecule has 0 saturated heterocycles. The van der Waals surface area contributed by atoms with Crippen LogP contribution >= 0.6 is 23.4 Å². The molecule has 10 heteroatoms. The van der Waals surface area contributed by atoms with Gasteiger partial charge in [-0.25, -0.2) is 4.68 Å². The predicted octanol–water partition coefficient (Wildman–Crippen LogP) is 7.95. The van der Waals surface area contributed by atoms with Gasteiger partial charge in [-0.15, -0.1) is 5.10 Å². The molecule has 1 aromatic heterocycles. The van der Waals surface area contributed by atoms with Gasteiger partial charge in [0, 0.05) is 16.5 Å². The molecule has 0 saturated carbocycles. The molecule has 43 heavy (non-hydrogen) atoms. The summed E-state index contributed by atoms with van der Waals surface area (Å²) in [5, 5.41) is 12.4. The molecule has 1 aliphatic rings. The van der Waals surface area contributed by atoms with E-state index in [-0.39, 0.29) is 5.91 Å². The fourth-order valence-electron chi connectivity index (χ4n) is 4.86. The van der Waals surface area contributed by atoms with E-state index in [1.807, 2.05) is 97.9 Å². The van der Waals surface area contributed by atoms with Gasteiger partial charge in [-0.1, -0.05) is 84.0 Å². The first kappa shape index (κ1) is 28.4. The van der Waals surface area contributed by atoms with E-state index in [1.54, 1.807) is 23.9 Å². The second-order valence-electron chi connectivity index (χ2n) is 9.75. The van der Waals surface area contributed by atoms with Crippen molar-refractivity contribution in [2.45, 2.75) is 23.9 Å². The van der Waals surface area contributed by atoms with Crippen molar-refractivity contribution in [2.24, 2.45) is 0 Å². The number of nitrogens with zero attached hydrogens (tertiary/aromatic N) is 3. The van der Waals surface area contributed by atoms with E-state index >= 15 is 0 Å². The summed E-state index contributed by atoms with van der Waals surface area (Å²) in [5.74, 6) is 2.76. The van der Waals surface area contributed by atoms with Gasteiger partial charge in [0.1, 0.15) is 23.3 Å². The molecule has 0 aliphatic carbocycles. The van der Waals surface area contributed by atoms with Crippen LogP contribution in [0.3, 0.4) is 0 Å². The molecule has 2 N–H and O–H groups in total. The summed E-state index contributed by atoms with van der Waals surface area (Å²) >= 11 is 7.86. The van der Waals surface area contributed by atoms with E-state index in [2.05, 4.69) is 10.6 Å². The number of anilines is 2. The monoisotopic (exact) mass is 609 g/mol. The third-order valence-corrected chi connectivity index (χ3v) is 8.16. The smallest absolute Gasteiger partial charge is 0.255 e. The maximum absolute atomic E-state index is 14.0. The number of aromatic nitrogens is 3. The molecule has 1 aliphatic heterocycles. The van der Waals surface area contributed by atoms with Crippen molar-refractivity contribution in [1.82, 2.24) is 14.8 Å². The lowest BCUT2D eigenvalue weighted by Crippen LogP contribution is -2.31. The Kier molecular flexibility index (Phi) is 8.35. The van der Waals surface area contributed by atoms with E-state index < -0.39 is 6.04 Å². The molecular formula is C33H28ClN5O3S. The zero-order valence-electron chi connectivity index (χ0n) is 23.5. The number of benzene rings is 4. The molecule has 0 bridgehead atoms. The summed E-state index contributed by atoms with van der Waals surface area (Å²) in [6, 6.07) is 31.7. The van der Waals surface area contributed by atoms with Gasteiger partial charge in [0.25, 0.3) is 5.91 Å². The summed E-state index contributed by atoms with van der Waals surface area (Å²) in [6.45, 7) is 1.86. The number of thioether (sulfide) groups is 1. The summed E-state index contributed by atoms with van der Waals surface area (Å²) in [4.78, 5) is 18.8. The van der Waals surface area contributed by atoms with Crippen LogP contribution in [0.5, 0.6) is 17.2 Å². The zero-order chi connectivity index (χ0) is 29.8. The maximum Gasteiger partial charge on any atom is 0.255 e. The molecule has 216 valence electrons. The highest BCUT2D eigenvalue weighted by Gasteiger charge is 2.35. The number of hydrogen-bond acceptors (Lipinski definition) is 7. The van der Waals surface area contributed by atoms with Crippen LogP contribution in [0.15, 0.2) is 120 Å². The number of amides is 1. The van der Waals surface area contributed by atoms with Gasteiger partial charge in [0.05, 0.1) is 18.4 Å². The number of carbonyl (C=O) groups excluding carboxylic acids is 1. The molecule has 0 spiro atoms. The molecule has 6 rings (SSSR count). The Morgan fingerprint density at radius 1 is 0.977 bits per heavy atom. The first-order chi connectivity index (χ1) is 21.0. The molecule has 8 nitrogen and oxygen atoms in total. The van der Waals surface area contributed by atoms with Crippen LogP contribution < -0.4 is 20.1 Å². The number of halogens is 1. The fraction of sp³-hybridized carbons (Fsp3) is 0.121. The summed E-state index contributed by atoms with van der Waals surface area (Å²) in [6.07, 6.45) is 0. The second-order valence-corrected chi connectivity index (χ2v) is 11.1. The lowest BCUT2D eigenvalue weighted by Gasteiger charge is -2.29. The molecule has 0 radical (unpaired) electrons. The number of hydrogen-bond donors (Lipinski definition) is 2. The molecule has 5 aromatic rings. The van der Waals surface area contributed by atoms with E-state index in [1.165, 1.54) is 11.8 Å². The third kappa shape index (κ3) is 6.23. The molecule has 2 heterocycles. The summed E-state index contributed by atoms with van der Waals surface area (Å²) in [7, 11) is 1.57. The number of fused-ring (bicyclic) bond motifs is 1. The van der Waals surface area contributed by atoms with Gasteiger partial charge in [0.15, 0.2) is 0 Å². The van der Waals surface area contributed by atoms with Gasteiger partial charge in [-0.3, -0.25) is 4.79 Å². The minimum atomic E-state index is -0.590. The lowest BCUT2D eigenvalue weighted by atomic mass is 9.94. The first-order valence-electron chi connectivity index (χ1n) is 13.6. The van der Waals surface area contributed by atoms with Crippen molar-refractivity contribution in [3.05, 3.63) is 131 Å². The highest BCUT2D eigenvalue weighted by Crippen LogP contribution is 2.39. The van der Waals surface area contributed by atoms with Crippen molar-refractivity contribution in [3.63, 3.8) is 0 Å². The summed E-state index contributed by atoms with van der Waals surface area (Å²) in [5.41, 5.74) is 3.52. The Hall–Kier alpha value is -4.73. The number of ether oxygens (including phenoxy) is 2. The van der Waals surface area contributed by atoms with Crippen LogP contribution in [-0.4, -0.2) is 27.8 Å². The van der Waals surface area contributed by atoms with E-state index in [0.29, 0.717) is 56.1 Å². The average Bonchev–Trinajstić information content (AvgIpc) is 3.43. The molecule has 1 amide bonds. The minimum absolute atomic E-state index is 0.291. The van der Waals surface area contributed by atoms with Gasteiger partial charge >= 0.3 is 0 Å². The van der Waals surface area contributed by atoms with Gasteiger partial charge in [-0.2, -0.15) is 4.98 Å². The number of carbonyl (C=O) groups is 1. The molecule has 0 fully saturated rings. The SMILES string of the molecule is COc1ccccc1NC(=O)C1=C(C)Nc2nc(SCc3ccccc3Cl)nn2C1c1cccc(Oc2ccccc2)c1. The standard InChI is InChI=1S/C33H28ClN5O3S/c1-21-29(31(40)36-27-17-8-9-18-28(27)41-2)30(22-12-10-15-25(19-22)42-24-13-4-3-5-14-24)39-32(35-21)37-33(38-39)43-20-23-11-6-7-16-26(23)34/h3-19,30H,20H2,1-2H3,(H,36,40)(H,35,37,38). The maximum atomic E-state index is 14.0. The van der Waals surface area contributed by atoms with Gasteiger partial charge in [-0.05, 0) is 60.5 Å². The number of nitrogens with one attached hydrogen (secondary N) is 2.